The first-order chi connectivity index (χ1) is 2.27. The van der Waals surface area contributed by atoms with Crippen LogP contribution in [0, 0.1) is 0 Å². The van der Waals surface area contributed by atoms with Gasteiger partial charge in [0.2, 0.25) is 0 Å². The maximum Gasteiger partial charge on any atom is 1.00 e. The van der Waals surface area contributed by atoms with E-state index in [1.807, 2.05) is 6.92 Å². The predicted octanol–water partition coefficient (Wildman–Crippen LogP) is -3.24. The fourth-order valence-corrected chi connectivity index (χ4v) is 0. The van der Waals surface area contributed by atoms with Crippen molar-refractivity contribution in [1.82, 2.24) is 0 Å². The van der Waals surface area contributed by atoms with Gasteiger partial charge < -0.3 is 12.9 Å². The molecule has 34 valence electrons. The van der Waals surface area contributed by atoms with E-state index in [9.17, 15) is 0 Å². The minimum Gasteiger partial charge on any atom is -1.00 e. The molecule has 0 heterocycles. The van der Waals surface area contributed by atoms with Gasteiger partial charge in [0, 0.05) is 0 Å². The van der Waals surface area contributed by atoms with Crippen LogP contribution in [0.15, 0.2) is 0 Å². The second-order valence-electron chi connectivity index (χ2n) is 1.07. The normalized spacial score (nSPS) is 8.00. The molecular weight excluding hydrogens is 103 g/mol. The number of nitrogens with two attached hydrogens (primary N) is 2. The van der Waals surface area contributed by atoms with Crippen LogP contribution in [0.1, 0.15) is 14.8 Å². The van der Waals surface area contributed by atoms with Gasteiger partial charge in [-0.15, -0.1) is 0 Å². The fourth-order valence-electron chi connectivity index (χ4n) is 0. The summed E-state index contributed by atoms with van der Waals surface area (Å²) in [6.45, 7) is 1.95. The van der Waals surface area contributed by atoms with Gasteiger partial charge in [0.1, 0.15) is 0 Å². The molecule has 0 spiro atoms. The molecule has 6 heavy (non-hydrogen) atoms. The summed E-state index contributed by atoms with van der Waals surface area (Å²) in [7, 11) is 0. The molecule has 0 saturated heterocycles. The summed E-state index contributed by atoms with van der Waals surface area (Å²) in [4.78, 5) is 0. The van der Waals surface area contributed by atoms with E-state index in [4.69, 9.17) is 11.5 Å². The third kappa shape index (κ3) is 9.12. The van der Waals surface area contributed by atoms with Gasteiger partial charge in [0.25, 0.3) is 0 Å². The molecular formula is C3H11KN2. The molecule has 0 aliphatic heterocycles. The molecule has 3 heteroatoms. The largest absolute Gasteiger partial charge is 1.00 e. The van der Waals surface area contributed by atoms with Crippen molar-refractivity contribution in [2.75, 3.05) is 0 Å². The van der Waals surface area contributed by atoms with Gasteiger partial charge in [-0.3, -0.25) is 0 Å². The molecule has 2 nitrogen and oxygen atoms in total. The molecule has 0 aromatic heterocycles. The second kappa shape index (κ2) is 6.56. The topological polar surface area (TPSA) is 52.0 Å². The van der Waals surface area contributed by atoms with Gasteiger partial charge >= 0.3 is 51.4 Å². The van der Waals surface area contributed by atoms with Crippen molar-refractivity contribution in [3.05, 3.63) is 0 Å². The van der Waals surface area contributed by atoms with Crippen LogP contribution in [0.2, 0.25) is 0 Å². The average molecular weight is 114 g/mol. The van der Waals surface area contributed by atoms with Crippen LogP contribution < -0.4 is 62.9 Å². The van der Waals surface area contributed by atoms with Crippen LogP contribution in [0.3, 0.4) is 0 Å². The number of rotatable bonds is 1. The summed E-state index contributed by atoms with van der Waals surface area (Å²) in [6.07, 6.45) is 0.745. The maximum absolute atomic E-state index is 5.07. The minimum absolute atomic E-state index is 0. The first kappa shape index (κ1) is 10.5. The molecule has 0 atom stereocenters. The van der Waals surface area contributed by atoms with Crippen LogP contribution >= 0.6 is 0 Å². The van der Waals surface area contributed by atoms with Gasteiger partial charge in [0.05, 0.1) is 6.17 Å². The van der Waals surface area contributed by atoms with Crippen molar-refractivity contribution in [1.29, 1.82) is 0 Å². The molecule has 0 saturated carbocycles. The van der Waals surface area contributed by atoms with E-state index >= 15 is 0 Å². The van der Waals surface area contributed by atoms with E-state index in [2.05, 4.69) is 0 Å². The Morgan fingerprint density at radius 1 is 1.67 bits per heavy atom. The molecule has 0 aromatic rings. The van der Waals surface area contributed by atoms with Gasteiger partial charge in [0.15, 0.2) is 0 Å². The molecule has 0 rings (SSSR count). The Bertz CT molecular complexity index is 26.9. The van der Waals surface area contributed by atoms with Crippen LogP contribution in [0.5, 0.6) is 0 Å². The molecule has 0 aliphatic carbocycles. The molecule has 0 aliphatic rings. The molecule has 4 N–H and O–H groups in total. The first-order valence-electron chi connectivity index (χ1n) is 1.78. The van der Waals surface area contributed by atoms with Crippen LogP contribution in [0.25, 0.3) is 0 Å². The Kier molecular flexibility index (Phi) is 11.5. The Balaban J connectivity index is -0.0000000800. The Hall–Kier alpha value is 1.56. The van der Waals surface area contributed by atoms with Crippen LogP contribution in [0.4, 0.5) is 0 Å². The van der Waals surface area contributed by atoms with Crippen molar-refractivity contribution in [3.63, 3.8) is 0 Å². The zero-order chi connectivity index (χ0) is 4.28. The van der Waals surface area contributed by atoms with Crippen LogP contribution in [-0.4, -0.2) is 6.17 Å². The average Bonchev–Trinajstić information content (AvgIpc) is 1.38. The number of hydrogen-bond donors (Lipinski definition) is 2. The maximum atomic E-state index is 5.07. The Morgan fingerprint density at radius 3 is 1.83 bits per heavy atom. The number of hydrogen-bond acceptors (Lipinski definition) is 2. The van der Waals surface area contributed by atoms with Crippen molar-refractivity contribution in [2.24, 2.45) is 11.5 Å². The molecule has 0 amide bonds. The zero-order valence-corrected chi connectivity index (χ0v) is 7.56. The minimum atomic E-state index is -0.116. The standard InChI is InChI=1S/C3H10N2.K.H/c1-2-3(4)5;;/h3H,2,4-5H2,1H3;;/q;+1;-1. The quantitative estimate of drug-likeness (QED) is 0.278. The van der Waals surface area contributed by atoms with E-state index < -0.39 is 0 Å². The molecule has 0 fully saturated rings. The third-order valence-corrected chi connectivity index (χ3v) is 0.471. The molecule has 0 bridgehead atoms. The summed E-state index contributed by atoms with van der Waals surface area (Å²) in [6, 6.07) is 0. The summed E-state index contributed by atoms with van der Waals surface area (Å²) in [5.74, 6) is 0. The SMILES string of the molecule is CCC(N)N.[H-].[K+]. The monoisotopic (exact) mass is 114 g/mol. The van der Waals surface area contributed by atoms with Gasteiger partial charge in [-0.1, -0.05) is 6.92 Å². The van der Waals surface area contributed by atoms with E-state index in [-0.39, 0.29) is 59.0 Å². The van der Waals surface area contributed by atoms with Crippen molar-refractivity contribution in [3.8, 4) is 0 Å². The van der Waals surface area contributed by atoms with Crippen LogP contribution in [-0.2, 0) is 0 Å². The fraction of sp³-hybridized carbons (Fsp3) is 1.00. The van der Waals surface area contributed by atoms with E-state index in [0.29, 0.717) is 0 Å². The molecule has 0 aromatic carbocycles. The van der Waals surface area contributed by atoms with Crippen molar-refractivity contribution < 1.29 is 52.8 Å². The predicted molar refractivity (Wildman–Crippen MR) is 23.6 cm³/mol. The summed E-state index contributed by atoms with van der Waals surface area (Å²) >= 11 is 0. The van der Waals surface area contributed by atoms with Crippen molar-refractivity contribution in [2.45, 2.75) is 19.5 Å². The Labute approximate surface area is 82.6 Å². The van der Waals surface area contributed by atoms with Gasteiger partial charge in [-0.25, -0.2) is 0 Å². The smallest absolute Gasteiger partial charge is 1.00 e. The summed E-state index contributed by atoms with van der Waals surface area (Å²) in [5, 5.41) is 0. The molecule has 0 unspecified atom stereocenters. The van der Waals surface area contributed by atoms with Gasteiger partial charge in [-0.05, 0) is 6.42 Å². The van der Waals surface area contributed by atoms with E-state index in [1.54, 1.807) is 0 Å². The second-order valence-corrected chi connectivity index (χ2v) is 1.07. The van der Waals surface area contributed by atoms with Gasteiger partial charge in [-0.2, -0.15) is 0 Å². The Morgan fingerprint density at radius 2 is 1.83 bits per heavy atom. The first-order valence-corrected chi connectivity index (χ1v) is 1.78. The third-order valence-electron chi connectivity index (χ3n) is 0.471. The summed E-state index contributed by atoms with van der Waals surface area (Å²) in [5.41, 5.74) is 10.1. The van der Waals surface area contributed by atoms with E-state index in [1.165, 1.54) is 0 Å². The summed E-state index contributed by atoms with van der Waals surface area (Å²) < 4.78 is 0. The van der Waals surface area contributed by atoms with Crippen molar-refractivity contribution >= 4 is 0 Å². The van der Waals surface area contributed by atoms with E-state index in [0.717, 1.165) is 6.42 Å². The zero-order valence-electron chi connectivity index (χ0n) is 5.44. The molecule has 0 radical (unpaired) electrons.